The lowest BCUT2D eigenvalue weighted by Gasteiger charge is -1.99. The standard InChI is InChI=1S/C12H14N4O4/c13-10(17)6-1-2-7-14-12-15-11-8(16(18)19)4-3-5-9(11)20-12/h3-5H,1-2,6-7H2,(H2,13,17)(H,14,15). The molecule has 8 heteroatoms. The molecule has 1 aromatic carbocycles. The third-order valence-electron chi connectivity index (χ3n) is 2.72. The van der Waals surface area contributed by atoms with Crippen LogP contribution in [0.15, 0.2) is 22.6 Å². The molecule has 0 spiro atoms. The maximum atomic E-state index is 10.8. The first-order valence-electron chi connectivity index (χ1n) is 6.14. The number of anilines is 1. The molecule has 0 aliphatic rings. The Balaban J connectivity index is 2.00. The van der Waals surface area contributed by atoms with Crippen molar-refractivity contribution in [3.63, 3.8) is 0 Å². The van der Waals surface area contributed by atoms with Crippen LogP contribution in [0, 0.1) is 10.1 Å². The van der Waals surface area contributed by atoms with Gasteiger partial charge in [-0.1, -0.05) is 6.07 Å². The Kier molecular flexibility index (Phi) is 4.14. The van der Waals surface area contributed by atoms with Crippen LogP contribution in [0.5, 0.6) is 0 Å². The number of amides is 1. The molecule has 1 aromatic heterocycles. The third kappa shape index (κ3) is 3.22. The van der Waals surface area contributed by atoms with Gasteiger partial charge in [-0.05, 0) is 18.9 Å². The zero-order valence-electron chi connectivity index (χ0n) is 10.7. The van der Waals surface area contributed by atoms with Crippen LogP contribution >= 0.6 is 0 Å². The van der Waals surface area contributed by atoms with Gasteiger partial charge in [-0.3, -0.25) is 14.9 Å². The predicted octanol–water partition coefficient (Wildman–Crippen LogP) is 1.80. The summed E-state index contributed by atoms with van der Waals surface area (Å²) in [4.78, 5) is 25.0. The van der Waals surface area contributed by atoms with E-state index < -0.39 is 4.92 Å². The van der Waals surface area contributed by atoms with Crippen LogP contribution in [0.1, 0.15) is 19.3 Å². The molecule has 0 saturated carbocycles. The van der Waals surface area contributed by atoms with Gasteiger partial charge in [0.25, 0.3) is 11.7 Å². The molecular formula is C12H14N4O4. The van der Waals surface area contributed by atoms with Crippen molar-refractivity contribution in [2.45, 2.75) is 19.3 Å². The fraction of sp³-hybridized carbons (Fsp3) is 0.333. The van der Waals surface area contributed by atoms with E-state index in [4.69, 9.17) is 10.2 Å². The molecule has 0 bridgehead atoms. The summed E-state index contributed by atoms with van der Waals surface area (Å²) in [6, 6.07) is 4.77. The smallest absolute Gasteiger partial charge is 0.298 e. The zero-order chi connectivity index (χ0) is 14.5. The number of nitrogens with one attached hydrogen (secondary N) is 1. The highest BCUT2D eigenvalue weighted by molar-refractivity contribution is 5.83. The normalized spacial score (nSPS) is 10.6. The summed E-state index contributed by atoms with van der Waals surface area (Å²) in [7, 11) is 0. The van der Waals surface area contributed by atoms with E-state index in [2.05, 4.69) is 10.3 Å². The summed E-state index contributed by atoms with van der Waals surface area (Å²) in [6.07, 6.45) is 1.73. The minimum atomic E-state index is -0.499. The van der Waals surface area contributed by atoms with Gasteiger partial charge in [0.2, 0.25) is 5.91 Å². The van der Waals surface area contributed by atoms with Crippen LogP contribution in [0.2, 0.25) is 0 Å². The van der Waals surface area contributed by atoms with E-state index in [0.29, 0.717) is 25.0 Å². The van der Waals surface area contributed by atoms with Gasteiger partial charge in [-0.15, -0.1) is 0 Å². The Morgan fingerprint density at radius 1 is 1.45 bits per heavy atom. The lowest BCUT2D eigenvalue weighted by atomic mass is 10.2. The number of oxazole rings is 1. The maximum Gasteiger partial charge on any atom is 0.298 e. The van der Waals surface area contributed by atoms with Crippen molar-refractivity contribution in [3.8, 4) is 0 Å². The van der Waals surface area contributed by atoms with Crippen molar-refractivity contribution in [1.82, 2.24) is 4.98 Å². The number of rotatable bonds is 7. The Morgan fingerprint density at radius 3 is 2.95 bits per heavy atom. The lowest BCUT2D eigenvalue weighted by molar-refractivity contribution is -0.383. The topological polar surface area (TPSA) is 124 Å². The number of benzene rings is 1. The Labute approximate surface area is 114 Å². The molecule has 0 unspecified atom stereocenters. The highest BCUT2D eigenvalue weighted by Gasteiger charge is 2.16. The van der Waals surface area contributed by atoms with Crippen molar-refractivity contribution in [3.05, 3.63) is 28.3 Å². The summed E-state index contributed by atoms with van der Waals surface area (Å²) in [5.74, 6) is -0.331. The van der Waals surface area contributed by atoms with Gasteiger partial charge >= 0.3 is 0 Å². The highest BCUT2D eigenvalue weighted by Crippen LogP contribution is 2.27. The number of nitrogens with two attached hydrogens (primary N) is 1. The molecule has 20 heavy (non-hydrogen) atoms. The molecule has 1 heterocycles. The molecule has 1 amide bonds. The number of para-hydroxylation sites is 1. The van der Waals surface area contributed by atoms with Crippen LogP contribution in [0.25, 0.3) is 11.1 Å². The number of aromatic nitrogens is 1. The first-order chi connectivity index (χ1) is 9.58. The number of unbranched alkanes of at least 4 members (excludes halogenated alkanes) is 1. The van der Waals surface area contributed by atoms with E-state index in [9.17, 15) is 14.9 Å². The summed E-state index contributed by atoms with van der Waals surface area (Å²) >= 11 is 0. The van der Waals surface area contributed by atoms with Crippen molar-refractivity contribution in [2.75, 3.05) is 11.9 Å². The molecule has 0 aliphatic heterocycles. The van der Waals surface area contributed by atoms with Crippen LogP contribution < -0.4 is 11.1 Å². The van der Waals surface area contributed by atoms with Gasteiger partial charge in [0.05, 0.1) is 4.92 Å². The van der Waals surface area contributed by atoms with Crippen LogP contribution in [0.4, 0.5) is 11.7 Å². The van der Waals surface area contributed by atoms with E-state index in [1.165, 1.54) is 6.07 Å². The molecule has 106 valence electrons. The second kappa shape index (κ2) is 6.00. The number of carbonyl (C=O) groups excluding carboxylic acids is 1. The number of nitro groups is 1. The van der Waals surface area contributed by atoms with E-state index in [1.807, 2.05) is 0 Å². The Bertz CT molecular complexity index is 637. The van der Waals surface area contributed by atoms with Gasteiger partial charge < -0.3 is 15.5 Å². The number of fused-ring (bicyclic) bond motifs is 1. The van der Waals surface area contributed by atoms with Crippen molar-refractivity contribution in [1.29, 1.82) is 0 Å². The number of nitrogens with zero attached hydrogens (tertiary/aromatic N) is 2. The number of non-ortho nitro benzene ring substituents is 1. The summed E-state index contributed by atoms with van der Waals surface area (Å²) in [6.45, 7) is 0.550. The predicted molar refractivity (Wildman–Crippen MR) is 72.2 cm³/mol. The monoisotopic (exact) mass is 278 g/mol. The average Bonchev–Trinajstić information content (AvgIpc) is 2.80. The van der Waals surface area contributed by atoms with Gasteiger partial charge in [-0.25, -0.2) is 0 Å². The number of carbonyl (C=O) groups is 1. The number of hydrogen-bond acceptors (Lipinski definition) is 6. The molecule has 2 aromatic rings. The van der Waals surface area contributed by atoms with Crippen molar-refractivity contribution in [2.24, 2.45) is 5.73 Å². The van der Waals surface area contributed by atoms with Crippen molar-refractivity contribution >= 4 is 28.7 Å². The lowest BCUT2D eigenvalue weighted by Crippen LogP contribution is -2.10. The number of nitro benzene ring substituents is 1. The van der Waals surface area contributed by atoms with E-state index >= 15 is 0 Å². The second-order valence-corrected chi connectivity index (χ2v) is 4.25. The Morgan fingerprint density at radius 2 is 2.25 bits per heavy atom. The van der Waals surface area contributed by atoms with Crippen LogP contribution in [-0.2, 0) is 4.79 Å². The van der Waals surface area contributed by atoms with Gasteiger partial charge in [0.15, 0.2) is 11.1 Å². The van der Waals surface area contributed by atoms with E-state index in [-0.39, 0.29) is 23.1 Å². The molecule has 0 radical (unpaired) electrons. The molecule has 0 aliphatic carbocycles. The zero-order valence-corrected chi connectivity index (χ0v) is 10.7. The maximum absolute atomic E-state index is 10.8. The van der Waals surface area contributed by atoms with Gasteiger partial charge in [-0.2, -0.15) is 4.98 Å². The first-order valence-corrected chi connectivity index (χ1v) is 6.14. The summed E-state index contributed by atoms with van der Waals surface area (Å²) in [5, 5.41) is 13.8. The second-order valence-electron chi connectivity index (χ2n) is 4.25. The number of primary amides is 1. The summed E-state index contributed by atoms with van der Waals surface area (Å²) in [5.41, 5.74) is 5.52. The fourth-order valence-corrected chi connectivity index (χ4v) is 1.78. The largest absolute Gasteiger partial charge is 0.423 e. The highest BCUT2D eigenvalue weighted by atomic mass is 16.6. The van der Waals surface area contributed by atoms with Gasteiger partial charge in [0.1, 0.15) is 0 Å². The molecule has 3 N–H and O–H groups in total. The van der Waals surface area contributed by atoms with Gasteiger partial charge in [0, 0.05) is 19.0 Å². The molecule has 2 rings (SSSR count). The molecular weight excluding hydrogens is 264 g/mol. The minimum Gasteiger partial charge on any atom is -0.423 e. The molecule has 0 atom stereocenters. The van der Waals surface area contributed by atoms with Crippen molar-refractivity contribution < 1.29 is 14.1 Å². The first kappa shape index (κ1) is 13.8. The van der Waals surface area contributed by atoms with E-state index in [0.717, 1.165) is 6.42 Å². The van der Waals surface area contributed by atoms with Crippen LogP contribution in [0.3, 0.4) is 0 Å². The third-order valence-corrected chi connectivity index (χ3v) is 2.72. The van der Waals surface area contributed by atoms with E-state index in [1.54, 1.807) is 12.1 Å². The minimum absolute atomic E-state index is 0.0898. The number of hydrogen-bond donors (Lipinski definition) is 2. The molecule has 8 nitrogen and oxygen atoms in total. The molecule has 0 fully saturated rings. The Hall–Kier alpha value is -2.64. The fourth-order valence-electron chi connectivity index (χ4n) is 1.78. The quantitative estimate of drug-likeness (QED) is 0.452. The van der Waals surface area contributed by atoms with Crippen LogP contribution in [-0.4, -0.2) is 22.4 Å². The SMILES string of the molecule is NC(=O)CCCCNc1nc2c([N+](=O)[O-])cccc2o1. The summed E-state index contributed by atoms with van der Waals surface area (Å²) < 4.78 is 5.37. The molecule has 0 saturated heterocycles. The average molecular weight is 278 g/mol.